The van der Waals surface area contributed by atoms with Crippen LogP contribution in [0.3, 0.4) is 0 Å². The summed E-state index contributed by atoms with van der Waals surface area (Å²) in [5.41, 5.74) is 2.10. The maximum atomic E-state index is 13.0. The lowest BCUT2D eigenvalue weighted by Gasteiger charge is -2.04. The number of hydrogen-bond donors (Lipinski definition) is 2. The smallest absolute Gasteiger partial charge is 0.228 e. The van der Waals surface area contributed by atoms with E-state index in [1.54, 1.807) is 48.6 Å². The zero-order valence-corrected chi connectivity index (χ0v) is 11.4. The summed E-state index contributed by atoms with van der Waals surface area (Å²) in [6, 6.07) is 13.2. The van der Waals surface area contributed by atoms with Gasteiger partial charge in [0.25, 0.3) is 0 Å². The van der Waals surface area contributed by atoms with Crippen LogP contribution >= 0.6 is 0 Å². The quantitative estimate of drug-likeness (QED) is 0.885. The van der Waals surface area contributed by atoms with Crippen molar-refractivity contribution in [3.63, 3.8) is 0 Å². The number of aliphatic hydroxyl groups excluding tert-OH is 1. The zero-order chi connectivity index (χ0) is 15.1. The van der Waals surface area contributed by atoms with Crippen LogP contribution in [-0.4, -0.2) is 11.0 Å². The van der Waals surface area contributed by atoms with Crippen LogP contribution in [0.4, 0.5) is 10.1 Å². The van der Waals surface area contributed by atoms with Crippen molar-refractivity contribution in [3.8, 4) is 0 Å². The minimum atomic E-state index is -0.303. The minimum absolute atomic E-state index is 0.0663. The SMILES string of the molecule is O=C(C/C=C/c1cccc(F)c1)Nc1cccc(CO)c1. The number of hydrogen-bond acceptors (Lipinski definition) is 2. The van der Waals surface area contributed by atoms with Gasteiger partial charge in [-0.05, 0) is 35.4 Å². The highest BCUT2D eigenvalue weighted by molar-refractivity contribution is 5.92. The molecule has 2 rings (SSSR count). The number of benzene rings is 2. The van der Waals surface area contributed by atoms with Gasteiger partial charge in [0.2, 0.25) is 5.91 Å². The van der Waals surface area contributed by atoms with Crippen LogP contribution in [0, 0.1) is 5.82 Å². The van der Waals surface area contributed by atoms with E-state index in [-0.39, 0.29) is 24.8 Å². The van der Waals surface area contributed by atoms with E-state index in [4.69, 9.17) is 5.11 Å². The fourth-order valence-corrected chi connectivity index (χ4v) is 1.87. The third kappa shape index (κ3) is 4.85. The molecule has 0 aliphatic heterocycles. The van der Waals surface area contributed by atoms with Crippen molar-refractivity contribution in [1.29, 1.82) is 0 Å². The number of nitrogens with one attached hydrogen (secondary N) is 1. The molecule has 0 radical (unpaired) electrons. The summed E-state index contributed by atoms with van der Waals surface area (Å²) in [5, 5.41) is 11.8. The highest BCUT2D eigenvalue weighted by atomic mass is 19.1. The standard InChI is InChI=1S/C17H16FNO2/c18-15-7-1-4-13(10-15)5-3-9-17(21)19-16-8-2-6-14(11-16)12-20/h1-8,10-11,20H,9,12H2,(H,19,21)/b5-3+. The van der Waals surface area contributed by atoms with Crippen LogP contribution in [0.15, 0.2) is 54.6 Å². The Hall–Kier alpha value is -2.46. The van der Waals surface area contributed by atoms with E-state index in [0.717, 1.165) is 5.56 Å². The van der Waals surface area contributed by atoms with E-state index in [0.29, 0.717) is 11.3 Å². The van der Waals surface area contributed by atoms with Gasteiger partial charge in [0, 0.05) is 12.1 Å². The molecule has 2 aromatic rings. The molecule has 0 unspecified atom stereocenters. The number of aliphatic hydroxyl groups is 1. The van der Waals surface area contributed by atoms with Gasteiger partial charge in [-0.15, -0.1) is 0 Å². The molecule has 2 aromatic carbocycles. The summed E-state index contributed by atoms with van der Waals surface area (Å²) < 4.78 is 13.0. The van der Waals surface area contributed by atoms with E-state index in [2.05, 4.69) is 5.32 Å². The predicted octanol–water partition coefficient (Wildman–Crippen LogP) is 3.36. The second kappa shape index (κ2) is 7.36. The van der Waals surface area contributed by atoms with Gasteiger partial charge in [0.1, 0.15) is 5.82 Å². The molecule has 2 N–H and O–H groups in total. The van der Waals surface area contributed by atoms with E-state index >= 15 is 0 Å². The van der Waals surface area contributed by atoms with Crippen LogP contribution in [-0.2, 0) is 11.4 Å². The second-order valence-corrected chi connectivity index (χ2v) is 4.57. The lowest BCUT2D eigenvalue weighted by Crippen LogP contribution is -2.10. The van der Waals surface area contributed by atoms with Crippen LogP contribution in [0.2, 0.25) is 0 Å². The first-order valence-corrected chi connectivity index (χ1v) is 6.59. The molecule has 0 saturated heterocycles. The highest BCUT2D eigenvalue weighted by Gasteiger charge is 2.00. The first-order chi connectivity index (χ1) is 10.2. The molecule has 0 saturated carbocycles. The largest absolute Gasteiger partial charge is 0.392 e. The topological polar surface area (TPSA) is 49.3 Å². The molecule has 0 atom stereocenters. The van der Waals surface area contributed by atoms with Crippen molar-refractivity contribution in [2.75, 3.05) is 5.32 Å². The van der Waals surface area contributed by atoms with Gasteiger partial charge < -0.3 is 10.4 Å². The van der Waals surface area contributed by atoms with Gasteiger partial charge in [-0.3, -0.25) is 4.79 Å². The molecule has 0 spiro atoms. The Kier molecular flexibility index (Phi) is 5.23. The van der Waals surface area contributed by atoms with Crippen molar-refractivity contribution >= 4 is 17.7 Å². The average Bonchev–Trinajstić information content (AvgIpc) is 2.47. The lowest BCUT2D eigenvalue weighted by atomic mass is 10.2. The van der Waals surface area contributed by atoms with Gasteiger partial charge in [-0.25, -0.2) is 4.39 Å². The predicted molar refractivity (Wildman–Crippen MR) is 81.0 cm³/mol. The fourth-order valence-electron chi connectivity index (χ4n) is 1.87. The van der Waals surface area contributed by atoms with Crippen molar-refractivity contribution in [3.05, 3.63) is 71.6 Å². The molecule has 0 bridgehead atoms. The highest BCUT2D eigenvalue weighted by Crippen LogP contribution is 2.11. The Bertz CT molecular complexity index is 653. The third-order valence-electron chi connectivity index (χ3n) is 2.86. The molecular weight excluding hydrogens is 269 g/mol. The Morgan fingerprint density at radius 3 is 2.76 bits per heavy atom. The maximum Gasteiger partial charge on any atom is 0.228 e. The number of anilines is 1. The molecule has 0 aliphatic carbocycles. The summed E-state index contributed by atoms with van der Waals surface area (Å²) >= 11 is 0. The first-order valence-electron chi connectivity index (χ1n) is 6.59. The molecule has 0 fully saturated rings. The van der Waals surface area contributed by atoms with Crippen molar-refractivity contribution in [1.82, 2.24) is 0 Å². The van der Waals surface area contributed by atoms with Crippen molar-refractivity contribution in [2.45, 2.75) is 13.0 Å². The number of halogens is 1. The molecule has 0 heterocycles. The monoisotopic (exact) mass is 285 g/mol. The summed E-state index contributed by atoms with van der Waals surface area (Å²) in [4.78, 5) is 11.8. The van der Waals surface area contributed by atoms with E-state index in [9.17, 15) is 9.18 Å². The molecule has 0 aliphatic rings. The Labute approximate surface area is 122 Å². The molecule has 1 amide bonds. The molecular formula is C17H16FNO2. The summed E-state index contributed by atoms with van der Waals surface area (Å²) in [6.45, 7) is -0.0663. The second-order valence-electron chi connectivity index (χ2n) is 4.57. The number of carbonyl (C=O) groups is 1. The van der Waals surface area contributed by atoms with Gasteiger partial charge in [0.05, 0.1) is 6.61 Å². The Morgan fingerprint density at radius 2 is 2.00 bits per heavy atom. The molecule has 3 nitrogen and oxygen atoms in total. The average molecular weight is 285 g/mol. The van der Waals surface area contributed by atoms with Gasteiger partial charge in [-0.1, -0.05) is 36.4 Å². The van der Waals surface area contributed by atoms with E-state index in [1.165, 1.54) is 12.1 Å². The van der Waals surface area contributed by atoms with Crippen LogP contribution in [0.1, 0.15) is 17.5 Å². The number of amides is 1. The zero-order valence-electron chi connectivity index (χ0n) is 11.4. The number of rotatable bonds is 5. The first kappa shape index (κ1) is 14.9. The van der Waals surface area contributed by atoms with Gasteiger partial charge in [0.15, 0.2) is 0 Å². The van der Waals surface area contributed by atoms with E-state index in [1.807, 2.05) is 0 Å². The number of carbonyl (C=O) groups excluding carboxylic acids is 1. The minimum Gasteiger partial charge on any atom is -0.392 e. The van der Waals surface area contributed by atoms with Crippen LogP contribution in [0.25, 0.3) is 6.08 Å². The molecule has 0 aromatic heterocycles. The van der Waals surface area contributed by atoms with E-state index < -0.39 is 0 Å². The Balaban J connectivity index is 1.90. The summed E-state index contributed by atoms with van der Waals surface area (Å²) in [7, 11) is 0. The summed E-state index contributed by atoms with van der Waals surface area (Å²) in [6.07, 6.45) is 3.58. The lowest BCUT2D eigenvalue weighted by molar-refractivity contribution is -0.115. The molecule has 4 heteroatoms. The third-order valence-corrected chi connectivity index (χ3v) is 2.86. The fraction of sp³-hybridized carbons (Fsp3) is 0.118. The Morgan fingerprint density at radius 1 is 1.19 bits per heavy atom. The van der Waals surface area contributed by atoms with Crippen LogP contribution < -0.4 is 5.32 Å². The molecule has 21 heavy (non-hydrogen) atoms. The maximum absolute atomic E-state index is 13.0. The van der Waals surface area contributed by atoms with Gasteiger partial charge >= 0.3 is 0 Å². The van der Waals surface area contributed by atoms with Crippen molar-refractivity contribution < 1.29 is 14.3 Å². The van der Waals surface area contributed by atoms with Crippen molar-refractivity contribution in [2.24, 2.45) is 0 Å². The summed E-state index contributed by atoms with van der Waals surface area (Å²) in [5.74, 6) is -0.472. The molecule has 108 valence electrons. The normalized spacial score (nSPS) is 10.8. The van der Waals surface area contributed by atoms with Crippen LogP contribution in [0.5, 0.6) is 0 Å². The van der Waals surface area contributed by atoms with Gasteiger partial charge in [-0.2, -0.15) is 0 Å².